The van der Waals surface area contributed by atoms with Gasteiger partial charge in [0.15, 0.2) is 0 Å². The summed E-state index contributed by atoms with van der Waals surface area (Å²) >= 11 is 0. The van der Waals surface area contributed by atoms with Gasteiger partial charge in [0.2, 0.25) is 0 Å². The van der Waals surface area contributed by atoms with E-state index >= 15 is 0 Å². The Kier molecular flexibility index (Phi) is 5.02. The number of nitrogens with two attached hydrogens (primary N) is 1. The van der Waals surface area contributed by atoms with Crippen LogP contribution in [0.2, 0.25) is 0 Å². The molecule has 1 aliphatic heterocycles. The van der Waals surface area contributed by atoms with Crippen LogP contribution in [0.3, 0.4) is 0 Å². The molecule has 0 saturated carbocycles. The van der Waals surface area contributed by atoms with Gasteiger partial charge in [-0.1, -0.05) is 0 Å². The molecule has 2 N–H and O–H groups in total. The number of nitrogens with zero attached hydrogens (tertiary/aromatic N) is 1. The largest absolute Gasteiger partial charge is 0.330 e. The van der Waals surface area contributed by atoms with E-state index in [4.69, 9.17) is 5.73 Å². The summed E-state index contributed by atoms with van der Waals surface area (Å²) < 4.78 is 21.9. The molecule has 4 nitrogen and oxygen atoms in total. The molecule has 0 aromatic carbocycles. The van der Waals surface area contributed by atoms with Gasteiger partial charge in [0.25, 0.3) is 0 Å². The molecule has 0 aromatic heterocycles. The summed E-state index contributed by atoms with van der Waals surface area (Å²) in [6.45, 7) is 3.88. The van der Waals surface area contributed by atoms with Crippen molar-refractivity contribution in [3.8, 4) is 0 Å². The Balaban J connectivity index is 2.14. The van der Waals surface area contributed by atoms with E-state index in [2.05, 4.69) is 4.90 Å². The minimum Gasteiger partial charge on any atom is -0.330 e. The molecule has 0 radical (unpaired) electrons. The Hall–Kier alpha value is -0.130. The fourth-order valence-corrected chi connectivity index (χ4v) is 2.79. The molecular weight excluding hydrogens is 212 g/mol. The standard InChI is InChI=1S/C10H22N2O2S/c1-15(13,14)8-2-6-12-7-4-10(9-12)3-5-11/h10H,2-9,11H2,1H3. The van der Waals surface area contributed by atoms with Gasteiger partial charge in [0.1, 0.15) is 9.84 Å². The Morgan fingerprint density at radius 2 is 2.20 bits per heavy atom. The average Bonchev–Trinajstić information content (AvgIpc) is 2.51. The van der Waals surface area contributed by atoms with Crippen molar-refractivity contribution in [2.75, 3.05) is 38.2 Å². The van der Waals surface area contributed by atoms with E-state index in [9.17, 15) is 8.42 Å². The molecule has 0 aromatic rings. The van der Waals surface area contributed by atoms with Gasteiger partial charge >= 0.3 is 0 Å². The molecule has 1 atom stereocenters. The molecule has 0 amide bonds. The monoisotopic (exact) mass is 234 g/mol. The van der Waals surface area contributed by atoms with Crippen molar-refractivity contribution in [2.45, 2.75) is 19.3 Å². The zero-order valence-electron chi connectivity index (χ0n) is 9.48. The van der Waals surface area contributed by atoms with E-state index in [0.717, 1.165) is 44.9 Å². The lowest BCUT2D eigenvalue weighted by Crippen LogP contribution is -2.24. The van der Waals surface area contributed by atoms with Crippen LogP contribution in [0, 0.1) is 5.92 Å². The highest BCUT2D eigenvalue weighted by Crippen LogP contribution is 2.18. The summed E-state index contributed by atoms with van der Waals surface area (Å²) in [4.78, 5) is 2.35. The van der Waals surface area contributed by atoms with Gasteiger partial charge in [-0.05, 0) is 44.8 Å². The third-order valence-corrected chi connectivity index (χ3v) is 3.96. The van der Waals surface area contributed by atoms with Gasteiger partial charge in [-0.25, -0.2) is 8.42 Å². The second-order valence-electron chi connectivity index (χ2n) is 4.52. The molecular formula is C10H22N2O2S. The fourth-order valence-electron chi connectivity index (χ4n) is 2.14. The molecule has 1 fully saturated rings. The van der Waals surface area contributed by atoms with Crippen molar-refractivity contribution in [1.82, 2.24) is 4.90 Å². The van der Waals surface area contributed by atoms with Crippen LogP contribution in [0.25, 0.3) is 0 Å². The number of rotatable bonds is 6. The number of hydrogen-bond acceptors (Lipinski definition) is 4. The fraction of sp³-hybridized carbons (Fsp3) is 1.00. The molecule has 90 valence electrons. The Morgan fingerprint density at radius 3 is 2.80 bits per heavy atom. The predicted molar refractivity (Wildman–Crippen MR) is 62.5 cm³/mol. The summed E-state index contributed by atoms with van der Waals surface area (Å²) in [6, 6.07) is 0. The first-order valence-electron chi connectivity index (χ1n) is 5.61. The first-order valence-corrected chi connectivity index (χ1v) is 7.67. The lowest BCUT2D eigenvalue weighted by atomic mass is 10.1. The second kappa shape index (κ2) is 5.82. The maximum atomic E-state index is 10.9. The Morgan fingerprint density at radius 1 is 1.47 bits per heavy atom. The lowest BCUT2D eigenvalue weighted by molar-refractivity contribution is 0.322. The van der Waals surface area contributed by atoms with Gasteiger partial charge in [0.05, 0.1) is 5.75 Å². The van der Waals surface area contributed by atoms with E-state index in [1.807, 2.05) is 0 Å². The smallest absolute Gasteiger partial charge is 0.147 e. The summed E-state index contributed by atoms with van der Waals surface area (Å²) in [5.74, 6) is 1.04. The molecule has 5 heteroatoms. The van der Waals surface area contributed by atoms with Crippen LogP contribution in [0.4, 0.5) is 0 Å². The summed E-state index contributed by atoms with van der Waals surface area (Å²) in [6.07, 6.45) is 4.38. The minimum atomic E-state index is -2.79. The van der Waals surface area contributed by atoms with Crippen molar-refractivity contribution < 1.29 is 8.42 Å². The van der Waals surface area contributed by atoms with Crippen molar-refractivity contribution in [1.29, 1.82) is 0 Å². The quantitative estimate of drug-likeness (QED) is 0.707. The first-order chi connectivity index (χ1) is 7.01. The normalized spacial score (nSPS) is 23.5. The van der Waals surface area contributed by atoms with Crippen LogP contribution in [-0.2, 0) is 9.84 Å². The second-order valence-corrected chi connectivity index (χ2v) is 6.78. The highest BCUT2D eigenvalue weighted by Gasteiger charge is 2.21. The van der Waals surface area contributed by atoms with Crippen molar-refractivity contribution >= 4 is 9.84 Å². The van der Waals surface area contributed by atoms with Gasteiger partial charge in [-0.15, -0.1) is 0 Å². The van der Waals surface area contributed by atoms with Gasteiger partial charge in [0, 0.05) is 12.8 Å². The number of likely N-dealkylation sites (tertiary alicyclic amines) is 1. The number of hydrogen-bond donors (Lipinski definition) is 1. The van der Waals surface area contributed by atoms with E-state index < -0.39 is 9.84 Å². The van der Waals surface area contributed by atoms with Crippen molar-refractivity contribution in [3.63, 3.8) is 0 Å². The maximum absolute atomic E-state index is 10.9. The van der Waals surface area contributed by atoms with Gasteiger partial charge < -0.3 is 10.6 Å². The third kappa shape index (κ3) is 5.49. The van der Waals surface area contributed by atoms with Crippen LogP contribution in [0.15, 0.2) is 0 Å². The molecule has 0 aliphatic carbocycles. The summed E-state index contributed by atoms with van der Waals surface area (Å²) in [7, 11) is -2.79. The van der Waals surface area contributed by atoms with Crippen LogP contribution >= 0.6 is 0 Å². The minimum absolute atomic E-state index is 0.311. The van der Waals surface area contributed by atoms with E-state index in [-0.39, 0.29) is 0 Å². The third-order valence-electron chi connectivity index (χ3n) is 2.93. The summed E-state index contributed by atoms with van der Waals surface area (Å²) in [5.41, 5.74) is 5.51. The zero-order valence-corrected chi connectivity index (χ0v) is 10.3. The number of sulfone groups is 1. The summed E-state index contributed by atoms with van der Waals surface area (Å²) in [5, 5.41) is 0. The van der Waals surface area contributed by atoms with Crippen molar-refractivity contribution in [2.24, 2.45) is 11.7 Å². The molecule has 15 heavy (non-hydrogen) atoms. The first kappa shape index (κ1) is 12.9. The Labute approximate surface area is 92.7 Å². The topological polar surface area (TPSA) is 63.4 Å². The highest BCUT2D eigenvalue weighted by molar-refractivity contribution is 7.90. The Bertz CT molecular complexity index is 277. The molecule has 1 saturated heterocycles. The molecule has 0 spiro atoms. The maximum Gasteiger partial charge on any atom is 0.147 e. The van der Waals surface area contributed by atoms with Gasteiger partial charge in [-0.2, -0.15) is 0 Å². The van der Waals surface area contributed by atoms with Crippen molar-refractivity contribution in [3.05, 3.63) is 0 Å². The van der Waals surface area contributed by atoms with Crippen LogP contribution < -0.4 is 5.73 Å². The predicted octanol–water partition coefficient (Wildman–Crippen LogP) is 0.0918. The van der Waals surface area contributed by atoms with Crippen LogP contribution in [0.1, 0.15) is 19.3 Å². The SMILES string of the molecule is CS(=O)(=O)CCCN1CCC(CCN)C1. The zero-order chi connectivity index (χ0) is 11.3. The van der Waals surface area contributed by atoms with E-state index in [1.165, 1.54) is 12.7 Å². The molecule has 0 bridgehead atoms. The molecule has 1 unspecified atom stereocenters. The van der Waals surface area contributed by atoms with Gasteiger partial charge in [-0.3, -0.25) is 0 Å². The van der Waals surface area contributed by atoms with Crippen LogP contribution in [-0.4, -0.2) is 51.5 Å². The lowest BCUT2D eigenvalue weighted by Gasteiger charge is -2.15. The molecule has 1 heterocycles. The van der Waals surface area contributed by atoms with E-state index in [0.29, 0.717) is 5.75 Å². The van der Waals surface area contributed by atoms with E-state index in [1.54, 1.807) is 0 Å². The molecule has 1 rings (SSSR count). The molecule has 1 aliphatic rings. The van der Waals surface area contributed by atoms with Crippen LogP contribution in [0.5, 0.6) is 0 Å². The average molecular weight is 234 g/mol. The highest BCUT2D eigenvalue weighted by atomic mass is 32.2.